The molecule has 1 aliphatic carbocycles. The van der Waals surface area contributed by atoms with Crippen molar-refractivity contribution in [1.29, 1.82) is 0 Å². The summed E-state index contributed by atoms with van der Waals surface area (Å²) < 4.78 is 0. The molecular weight excluding hydrogens is 312 g/mol. The summed E-state index contributed by atoms with van der Waals surface area (Å²) in [6, 6.07) is 0. The number of aryl methyl sites for hydroxylation is 2. The van der Waals surface area contributed by atoms with E-state index in [0.29, 0.717) is 5.13 Å². The first-order valence-electron chi connectivity index (χ1n) is 8.16. The van der Waals surface area contributed by atoms with Crippen LogP contribution >= 0.6 is 22.7 Å². The minimum atomic E-state index is 0.682. The first-order chi connectivity index (χ1) is 10.8. The number of fused-ring (bicyclic) bond motifs is 1. The van der Waals surface area contributed by atoms with Crippen LogP contribution in [0.15, 0.2) is 6.20 Å². The van der Waals surface area contributed by atoms with Crippen LogP contribution in [0, 0.1) is 5.92 Å². The number of nitrogens with two attached hydrogens (primary N) is 1. The molecule has 0 radical (unpaired) electrons. The normalized spacial score (nSPS) is 19.6. The Hall–Kier alpha value is -0.980. The van der Waals surface area contributed by atoms with E-state index in [9.17, 15) is 0 Å². The van der Waals surface area contributed by atoms with Crippen molar-refractivity contribution in [2.75, 3.05) is 18.8 Å². The molecule has 0 bridgehead atoms. The lowest BCUT2D eigenvalue weighted by Gasteiger charge is -2.31. The second kappa shape index (κ2) is 6.26. The van der Waals surface area contributed by atoms with E-state index in [4.69, 9.17) is 10.7 Å². The molecule has 0 atom stereocenters. The third-order valence-corrected chi connectivity index (χ3v) is 6.75. The van der Waals surface area contributed by atoms with Gasteiger partial charge in [-0.1, -0.05) is 0 Å². The smallest absolute Gasteiger partial charge is 0.180 e. The Kier molecular flexibility index (Phi) is 4.15. The van der Waals surface area contributed by atoms with Crippen molar-refractivity contribution in [3.63, 3.8) is 0 Å². The fraction of sp³-hybridized carbons (Fsp3) is 0.625. The minimum Gasteiger partial charge on any atom is -0.375 e. The van der Waals surface area contributed by atoms with Gasteiger partial charge < -0.3 is 5.73 Å². The van der Waals surface area contributed by atoms with E-state index in [1.54, 1.807) is 16.2 Å². The van der Waals surface area contributed by atoms with Gasteiger partial charge in [-0.15, -0.1) is 22.7 Å². The predicted octanol–water partition coefficient (Wildman–Crippen LogP) is 3.13. The zero-order valence-electron chi connectivity index (χ0n) is 12.8. The van der Waals surface area contributed by atoms with Crippen LogP contribution in [-0.4, -0.2) is 28.0 Å². The summed E-state index contributed by atoms with van der Waals surface area (Å²) in [6.07, 6.45) is 9.49. The molecule has 2 aliphatic rings. The van der Waals surface area contributed by atoms with E-state index >= 15 is 0 Å². The van der Waals surface area contributed by atoms with Gasteiger partial charge in [-0.2, -0.15) is 0 Å². The van der Waals surface area contributed by atoms with Crippen LogP contribution in [0.4, 0.5) is 5.13 Å². The first-order valence-corrected chi connectivity index (χ1v) is 9.79. The van der Waals surface area contributed by atoms with Gasteiger partial charge in [0.1, 0.15) is 0 Å². The molecule has 0 aromatic carbocycles. The number of rotatable bonds is 4. The summed E-state index contributed by atoms with van der Waals surface area (Å²) in [6.45, 7) is 3.38. The fourth-order valence-electron chi connectivity index (χ4n) is 3.54. The van der Waals surface area contributed by atoms with Crippen molar-refractivity contribution in [1.82, 2.24) is 14.9 Å². The van der Waals surface area contributed by atoms with E-state index in [2.05, 4.69) is 9.88 Å². The Morgan fingerprint density at radius 1 is 1.23 bits per heavy atom. The summed E-state index contributed by atoms with van der Waals surface area (Å²) in [5.41, 5.74) is 7.11. The number of nitrogen functional groups attached to an aromatic ring is 1. The molecule has 4 nitrogen and oxygen atoms in total. The summed E-state index contributed by atoms with van der Waals surface area (Å²) in [5, 5.41) is 2.07. The molecule has 4 rings (SSSR count). The molecule has 1 fully saturated rings. The van der Waals surface area contributed by atoms with Gasteiger partial charge in [0.05, 0.1) is 10.7 Å². The van der Waals surface area contributed by atoms with Gasteiger partial charge in [0, 0.05) is 28.9 Å². The van der Waals surface area contributed by atoms with Crippen molar-refractivity contribution < 1.29 is 0 Å². The topological polar surface area (TPSA) is 55.0 Å². The lowest BCUT2D eigenvalue weighted by molar-refractivity contribution is 0.178. The molecule has 3 heterocycles. The van der Waals surface area contributed by atoms with E-state index in [1.165, 1.54) is 67.2 Å². The number of anilines is 1. The monoisotopic (exact) mass is 334 g/mol. The molecule has 2 aromatic rings. The maximum atomic E-state index is 5.71. The number of thiazole rings is 2. The van der Waals surface area contributed by atoms with Crippen molar-refractivity contribution in [2.24, 2.45) is 5.92 Å². The van der Waals surface area contributed by atoms with Crippen molar-refractivity contribution in [2.45, 2.75) is 45.1 Å². The lowest BCUT2D eigenvalue weighted by Crippen LogP contribution is -2.33. The number of hydrogen-bond donors (Lipinski definition) is 1. The molecule has 0 spiro atoms. The molecule has 1 aliphatic heterocycles. The van der Waals surface area contributed by atoms with Crippen LogP contribution in [0.5, 0.6) is 0 Å². The third-order valence-electron chi connectivity index (χ3n) is 4.76. The van der Waals surface area contributed by atoms with Gasteiger partial charge >= 0.3 is 0 Å². The standard InChI is InChI=1S/C16H22N4S2/c17-16-18-9-12(21-16)10-20-6-4-11(5-7-20)8-15-19-13-2-1-3-14(13)22-15/h9,11H,1-8,10H2,(H2,17,18). The van der Waals surface area contributed by atoms with Gasteiger partial charge in [-0.05, 0) is 51.1 Å². The summed E-state index contributed by atoms with van der Waals surface area (Å²) in [5.74, 6) is 0.814. The SMILES string of the molecule is Nc1ncc(CN2CCC(Cc3nc4c(s3)CCC4)CC2)s1. The minimum absolute atomic E-state index is 0.682. The van der Waals surface area contributed by atoms with Crippen molar-refractivity contribution >= 4 is 27.8 Å². The van der Waals surface area contributed by atoms with Gasteiger partial charge in [0.2, 0.25) is 0 Å². The highest BCUT2D eigenvalue weighted by molar-refractivity contribution is 7.15. The largest absolute Gasteiger partial charge is 0.375 e. The number of likely N-dealkylation sites (tertiary alicyclic amines) is 1. The lowest BCUT2D eigenvalue weighted by atomic mass is 9.94. The quantitative estimate of drug-likeness (QED) is 0.933. The molecule has 118 valence electrons. The maximum Gasteiger partial charge on any atom is 0.180 e. The first kappa shape index (κ1) is 14.6. The molecule has 0 amide bonds. The molecule has 22 heavy (non-hydrogen) atoms. The highest BCUT2D eigenvalue weighted by Crippen LogP contribution is 2.31. The van der Waals surface area contributed by atoms with Gasteiger partial charge in [-0.3, -0.25) is 4.90 Å². The van der Waals surface area contributed by atoms with Crippen LogP contribution in [0.3, 0.4) is 0 Å². The Labute approximate surface area is 139 Å². The summed E-state index contributed by atoms with van der Waals surface area (Å²) in [7, 11) is 0. The zero-order chi connectivity index (χ0) is 14.9. The number of nitrogens with zero attached hydrogens (tertiary/aromatic N) is 3. The van der Waals surface area contributed by atoms with Crippen LogP contribution in [0.2, 0.25) is 0 Å². The van der Waals surface area contributed by atoms with E-state index < -0.39 is 0 Å². The second-order valence-corrected chi connectivity index (χ2v) is 8.73. The second-order valence-electron chi connectivity index (χ2n) is 6.42. The molecule has 6 heteroatoms. The Morgan fingerprint density at radius 2 is 2.09 bits per heavy atom. The van der Waals surface area contributed by atoms with Crippen molar-refractivity contribution in [3.05, 3.63) is 26.7 Å². The molecular formula is C16H22N4S2. The Morgan fingerprint density at radius 3 is 2.82 bits per heavy atom. The van der Waals surface area contributed by atoms with Crippen LogP contribution < -0.4 is 5.73 Å². The fourth-order valence-corrected chi connectivity index (χ4v) is 5.54. The average molecular weight is 335 g/mol. The van der Waals surface area contributed by atoms with Crippen LogP contribution in [-0.2, 0) is 25.8 Å². The highest BCUT2D eigenvalue weighted by atomic mass is 32.1. The molecule has 2 aromatic heterocycles. The number of hydrogen-bond acceptors (Lipinski definition) is 6. The number of aromatic nitrogens is 2. The molecule has 2 N–H and O–H groups in total. The van der Waals surface area contributed by atoms with Crippen LogP contribution in [0.1, 0.15) is 39.7 Å². The highest BCUT2D eigenvalue weighted by Gasteiger charge is 2.23. The summed E-state index contributed by atoms with van der Waals surface area (Å²) in [4.78, 5) is 14.4. The molecule has 1 saturated heterocycles. The molecule has 0 unspecified atom stereocenters. The zero-order valence-corrected chi connectivity index (χ0v) is 14.4. The Balaban J connectivity index is 1.28. The maximum absolute atomic E-state index is 5.71. The average Bonchev–Trinajstić information content (AvgIpc) is 3.18. The van der Waals surface area contributed by atoms with E-state index in [-0.39, 0.29) is 0 Å². The van der Waals surface area contributed by atoms with Gasteiger partial charge in [-0.25, -0.2) is 9.97 Å². The van der Waals surface area contributed by atoms with E-state index in [0.717, 1.165) is 12.5 Å². The van der Waals surface area contributed by atoms with E-state index in [1.807, 2.05) is 17.5 Å². The number of piperidine rings is 1. The third kappa shape index (κ3) is 3.19. The predicted molar refractivity (Wildman–Crippen MR) is 92.4 cm³/mol. The summed E-state index contributed by atoms with van der Waals surface area (Å²) >= 11 is 3.59. The van der Waals surface area contributed by atoms with Crippen molar-refractivity contribution in [3.8, 4) is 0 Å². The van der Waals surface area contributed by atoms with Gasteiger partial charge in [0.25, 0.3) is 0 Å². The van der Waals surface area contributed by atoms with Gasteiger partial charge in [0.15, 0.2) is 5.13 Å². The Bertz CT molecular complexity index is 619. The molecule has 0 saturated carbocycles. The van der Waals surface area contributed by atoms with Crippen LogP contribution in [0.25, 0.3) is 0 Å².